The Labute approximate surface area is 130 Å². The van der Waals surface area contributed by atoms with Crippen LogP contribution in [0.1, 0.15) is 28.5 Å². The van der Waals surface area contributed by atoms with Gasteiger partial charge in [-0.3, -0.25) is 9.36 Å². The fraction of sp³-hybridized carbons (Fsp3) is 0.211. The number of nitrogens with zero attached hydrogens (tertiary/aromatic N) is 1. The predicted octanol–water partition coefficient (Wildman–Crippen LogP) is 4.21. The summed E-state index contributed by atoms with van der Waals surface area (Å²) in [6.07, 6.45) is 0.807. The molecule has 0 aliphatic heterocycles. The minimum absolute atomic E-state index is 0.00352. The zero-order valence-corrected chi connectivity index (χ0v) is 13.1. The minimum atomic E-state index is 0.00352. The first-order valence-electron chi connectivity index (χ1n) is 7.45. The molecule has 3 rings (SSSR count). The summed E-state index contributed by atoms with van der Waals surface area (Å²) in [7, 11) is 1.64. The summed E-state index contributed by atoms with van der Waals surface area (Å²) in [4.78, 5) is 13.0. The molecule has 1 heterocycles. The van der Waals surface area contributed by atoms with Crippen LogP contribution in [0.3, 0.4) is 0 Å². The highest BCUT2D eigenvalue weighted by molar-refractivity contribution is 6.04. The first-order valence-corrected chi connectivity index (χ1v) is 7.45. The Morgan fingerprint density at radius 1 is 1.14 bits per heavy atom. The summed E-state index contributed by atoms with van der Waals surface area (Å²) >= 11 is 0. The monoisotopic (exact) mass is 293 g/mol. The normalized spacial score (nSPS) is 10.9. The van der Waals surface area contributed by atoms with E-state index in [4.69, 9.17) is 4.74 Å². The van der Waals surface area contributed by atoms with Gasteiger partial charge in [0.2, 0.25) is 0 Å². The molecule has 0 aliphatic rings. The molecule has 0 saturated heterocycles. The summed E-state index contributed by atoms with van der Waals surface area (Å²) in [6.45, 7) is 4.15. The molecule has 112 valence electrons. The number of hydrogen-bond donors (Lipinski definition) is 0. The van der Waals surface area contributed by atoms with Gasteiger partial charge in [-0.2, -0.15) is 0 Å². The van der Waals surface area contributed by atoms with Crippen LogP contribution in [0.4, 0.5) is 0 Å². The summed E-state index contributed by atoms with van der Waals surface area (Å²) < 4.78 is 7.14. The van der Waals surface area contributed by atoms with E-state index in [0.29, 0.717) is 5.56 Å². The molecule has 0 bridgehead atoms. The lowest BCUT2D eigenvalue weighted by Gasteiger charge is -2.09. The zero-order valence-electron chi connectivity index (χ0n) is 13.1. The molecule has 22 heavy (non-hydrogen) atoms. The maximum atomic E-state index is 13.0. The van der Waals surface area contributed by atoms with Crippen LogP contribution in [0.5, 0.6) is 5.75 Å². The smallest absolute Gasteiger partial charge is 0.262 e. The number of ether oxygens (including phenoxy) is 1. The summed E-state index contributed by atoms with van der Waals surface area (Å²) in [6, 6.07) is 15.3. The SMILES string of the molecule is CCc1c(C)c2ccc(OC)cc2n1C(=O)c1ccccc1. The van der Waals surface area contributed by atoms with Crippen molar-refractivity contribution in [3.8, 4) is 5.75 Å². The van der Waals surface area contributed by atoms with Gasteiger partial charge in [0, 0.05) is 22.7 Å². The second-order valence-corrected chi connectivity index (χ2v) is 5.31. The van der Waals surface area contributed by atoms with Crippen molar-refractivity contribution < 1.29 is 9.53 Å². The van der Waals surface area contributed by atoms with E-state index in [0.717, 1.165) is 34.3 Å². The lowest BCUT2D eigenvalue weighted by atomic mass is 10.1. The van der Waals surface area contributed by atoms with Crippen LogP contribution < -0.4 is 4.74 Å². The number of carbonyl (C=O) groups is 1. The molecular formula is C19H19NO2. The zero-order chi connectivity index (χ0) is 15.7. The van der Waals surface area contributed by atoms with Crippen molar-refractivity contribution >= 4 is 16.8 Å². The third-order valence-electron chi connectivity index (χ3n) is 4.11. The van der Waals surface area contributed by atoms with Gasteiger partial charge < -0.3 is 4.74 Å². The molecule has 2 aromatic carbocycles. The molecule has 0 N–H and O–H groups in total. The maximum absolute atomic E-state index is 13.0. The van der Waals surface area contributed by atoms with Gasteiger partial charge in [0.1, 0.15) is 5.75 Å². The molecule has 0 spiro atoms. The van der Waals surface area contributed by atoms with Crippen molar-refractivity contribution in [2.75, 3.05) is 7.11 Å². The van der Waals surface area contributed by atoms with E-state index < -0.39 is 0 Å². The van der Waals surface area contributed by atoms with Gasteiger partial charge >= 0.3 is 0 Å². The summed E-state index contributed by atoms with van der Waals surface area (Å²) in [5.74, 6) is 0.763. The molecule has 1 aromatic heterocycles. The molecular weight excluding hydrogens is 274 g/mol. The van der Waals surface area contributed by atoms with E-state index in [-0.39, 0.29) is 5.91 Å². The van der Waals surface area contributed by atoms with Crippen LogP contribution in [0.15, 0.2) is 48.5 Å². The number of carbonyl (C=O) groups excluding carboxylic acids is 1. The van der Waals surface area contributed by atoms with Crippen molar-refractivity contribution in [2.24, 2.45) is 0 Å². The highest BCUT2D eigenvalue weighted by atomic mass is 16.5. The van der Waals surface area contributed by atoms with E-state index in [9.17, 15) is 4.79 Å². The third-order valence-corrected chi connectivity index (χ3v) is 4.11. The number of methoxy groups -OCH3 is 1. The van der Waals surface area contributed by atoms with E-state index in [1.54, 1.807) is 7.11 Å². The van der Waals surface area contributed by atoms with Gasteiger partial charge in [-0.25, -0.2) is 0 Å². The van der Waals surface area contributed by atoms with Gasteiger partial charge in [-0.1, -0.05) is 25.1 Å². The Morgan fingerprint density at radius 2 is 1.86 bits per heavy atom. The van der Waals surface area contributed by atoms with Gasteiger partial charge in [0.15, 0.2) is 0 Å². The standard InChI is InChI=1S/C19H19NO2/c1-4-17-13(2)16-11-10-15(22-3)12-18(16)20(17)19(21)14-8-6-5-7-9-14/h5-12H,4H2,1-3H3. The molecule has 3 heteroatoms. The second kappa shape index (κ2) is 5.68. The molecule has 3 aromatic rings. The number of rotatable bonds is 3. The number of hydrogen-bond acceptors (Lipinski definition) is 2. The highest BCUT2D eigenvalue weighted by Crippen LogP contribution is 2.30. The average molecular weight is 293 g/mol. The Balaban J connectivity index is 2.29. The molecule has 0 unspecified atom stereocenters. The van der Waals surface area contributed by atoms with Gasteiger partial charge in [-0.05, 0) is 43.2 Å². The predicted molar refractivity (Wildman–Crippen MR) is 88.8 cm³/mol. The van der Waals surface area contributed by atoms with E-state index in [1.807, 2.05) is 53.1 Å². The molecule has 0 saturated carbocycles. The van der Waals surface area contributed by atoms with Crippen LogP contribution in [-0.4, -0.2) is 17.6 Å². The molecule has 0 radical (unpaired) electrons. The first kappa shape index (κ1) is 14.4. The highest BCUT2D eigenvalue weighted by Gasteiger charge is 2.19. The van der Waals surface area contributed by atoms with Crippen molar-refractivity contribution in [3.63, 3.8) is 0 Å². The van der Waals surface area contributed by atoms with Crippen molar-refractivity contribution in [3.05, 3.63) is 65.4 Å². The Bertz CT molecular complexity index is 832. The largest absolute Gasteiger partial charge is 0.497 e. The quantitative estimate of drug-likeness (QED) is 0.724. The van der Waals surface area contributed by atoms with E-state index in [2.05, 4.69) is 13.8 Å². The Kier molecular flexibility index (Phi) is 3.72. The molecule has 0 amide bonds. The first-order chi connectivity index (χ1) is 10.7. The molecule has 0 aliphatic carbocycles. The second-order valence-electron chi connectivity index (χ2n) is 5.31. The molecule has 0 atom stereocenters. The summed E-state index contributed by atoms with van der Waals surface area (Å²) in [5, 5.41) is 1.10. The number of benzene rings is 2. The van der Waals surface area contributed by atoms with Crippen LogP contribution >= 0.6 is 0 Å². The van der Waals surface area contributed by atoms with Crippen LogP contribution in [0.25, 0.3) is 10.9 Å². The molecule has 3 nitrogen and oxygen atoms in total. The minimum Gasteiger partial charge on any atom is -0.497 e. The molecule has 0 fully saturated rings. The van der Waals surface area contributed by atoms with Crippen LogP contribution in [-0.2, 0) is 6.42 Å². The number of fused-ring (bicyclic) bond motifs is 1. The van der Waals surface area contributed by atoms with E-state index in [1.165, 1.54) is 0 Å². The van der Waals surface area contributed by atoms with Crippen molar-refractivity contribution in [1.82, 2.24) is 4.57 Å². The van der Waals surface area contributed by atoms with Crippen LogP contribution in [0, 0.1) is 6.92 Å². The fourth-order valence-electron chi connectivity index (χ4n) is 2.97. The van der Waals surface area contributed by atoms with E-state index >= 15 is 0 Å². The maximum Gasteiger partial charge on any atom is 0.262 e. The lowest BCUT2D eigenvalue weighted by Crippen LogP contribution is -2.14. The lowest BCUT2D eigenvalue weighted by molar-refractivity contribution is 0.0962. The van der Waals surface area contributed by atoms with Crippen LogP contribution in [0.2, 0.25) is 0 Å². The average Bonchev–Trinajstić information content (AvgIpc) is 2.86. The van der Waals surface area contributed by atoms with Gasteiger partial charge in [-0.15, -0.1) is 0 Å². The van der Waals surface area contributed by atoms with Crippen molar-refractivity contribution in [2.45, 2.75) is 20.3 Å². The number of aromatic nitrogens is 1. The Morgan fingerprint density at radius 3 is 2.50 bits per heavy atom. The third kappa shape index (κ3) is 2.19. The Hall–Kier alpha value is -2.55. The van der Waals surface area contributed by atoms with Gasteiger partial charge in [0.05, 0.1) is 12.6 Å². The number of aryl methyl sites for hydroxylation is 1. The summed E-state index contributed by atoms with van der Waals surface area (Å²) in [5.41, 5.74) is 3.81. The fourth-order valence-corrected chi connectivity index (χ4v) is 2.97. The van der Waals surface area contributed by atoms with Gasteiger partial charge in [0.25, 0.3) is 5.91 Å². The topological polar surface area (TPSA) is 31.2 Å². The van der Waals surface area contributed by atoms with Crippen molar-refractivity contribution in [1.29, 1.82) is 0 Å².